The molecule has 1 aromatic heterocycles. The zero-order chi connectivity index (χ0) is 21.3. The van der Waals surface area contributed by atoms with Gasteiger partial charge >= 0.3 is 0 Å². The average Bonchev–Trinajstić information content (AvgIpc) is 2.72. The van der Waals surface area contributed by atoms with Gasteiger partial charge < -0.3 is 4.74 Å². The van der Waals surface area contributed by atoms with Crippen LogP contribution in [0.2, 0.25) is 0 Å². The van der Waals surface area contributed by atoms with Crippen molar-refractivity contribution in [2.75, 3.05) is 0 Å². The Morgan fingerprint density at radius 1 is 0.800 bits per heavy atom. The number of aromatic nitrogens is 1. The van der Waals surface area contributed by atoms with E-state index in [0.717, 1.165) is 33.5 Å². The Morgan fingerprint density at radius 3 is 2.27 bits per heavy atom. The van der Waals surface area contributed by atoms with Gasteiger partial charge in [0.25, 0.3) is 0 Å². The molecule has 2 heteroatoms. The molecule has 152 valence electrons. The number of hydrogen-bond donors (Lipinski definition) is 0. The van der Waals surface area contributed by atoms with Crippen LogP contribution in [-0.4, -0.2) is 4.98 Å². The van der Waals surface area contributed by atoms with Gasteiger partial charge in [-0.15, -0.1) is 0 Å². The highest BCUT2D eigenvalue weighted by molar-refractivity contribution is 5.91. The molecule has 30 heavy (non-hydrogen) atoms. The van der Waals surface area contributed by atoms with E-state index in [9.17, 15) is 0 Å². The number of rotatable bonds is 4. The van der Waals surface area contributed by atoms with Gasteiger partial charge in [-0.2, -0.15) is 0 Å². The Balaban J connectivity index is 1.80. The molecule has 0 saturated carbocycles. The van der Waals surface area contributed by atoms with Gasteiger partial charge in [0.2, 0.25) is 0 Å². The molecule has 0 radical (unpaired) electrons. The third-order valence-electron chi connectivity index (χ3n) is 5.61. The molecule has 0 bridgehead atoms. The fourth-order valence-corrected chi connectivity index (χ4v) is 3.83. The predicted molar refractivity (Wildman–Crippen MR) is 126 cm³/mol. The lowest BCUT2D eigenvalue weighted by Crippen LogP contribution is -2.11. The smallest absolute Gasteiger partial charge is 0.131 e. The fourth-order valence-electron chi connectivity index (χ4n) is 3.83. The second kappa shape index (κ2) is 7.95. The Labute approximate surface area is 179 Å². The normalized spacial score (nSPS) is 11.6. The Morgan fingerprint density at radius 2 is 1.57 bits per heavy atom. The van der Waals surface area contributed by atoms with Crippen molar-refractivity contribution in [3.05, 3.63) is 95.1 Å². The van der Waals surface area contributed by atoms with E-state index >= 15 is 0 Å². The summed E-state index contributed by atoms with van der Waals surface area (Å²) in [7, 11) is 0. The minimum Gasteiger partial charge on any atom is -0.488 e. The predicted octanol–water partition coefficient (Wildman–Crippen LogP) is 7.40. The number of hydrogen-bond acceptors (Lipinski definition) is 2. The van der Waals surface area contributed by atoms with E-state index in [4.69, 9.17) is 9.72 Å². The molecular formula is C28H29NO. The van der Waals surface area contributed by atoms with Crippen molar-refractivity contribution in [1.82, 2.24) is 4.98 Å². The van der Waals surface area contributed by atoms with Crippen molar-refractivity contribution in [2.24, 2.45) is 0 Å². The molecule has 0 amide bonds. The Bertz CT molecular complexity index is 1190. The van der Waals surface area contributed by atoms with Crippen LogP contribution in [0.4, 0.5) is 0 Å². The summed E-state index contributed by atoms with van der Waals surface area (Å²) in [6.45, 7) is 11.5. The maximum atomic E-state index is 6.33. The van der Waals surface area contributed by atoms with Crippen LogP contribution >= 0.6 is 0 Å². The van der Waals surface area contributed by atoms with E-state index in [1.807, 2.05) is 18.2 Å². The second-order valence-electron chi connectivity index (χ2n) is 9.03. The lowest BCUT2D eigenvalue weighted by molar-refractivity contribution is 0.310. The topological polar surface area (TPSA) is 22.1 Å². The van der Waals surface area contributed by atoms with Crippen LogP contribution in [0.15, 0.2) is 72.8 Å². The first-order chi connectivity index (χ1) is 14.3. The second-order valence-corrected chi connectivity index (χ2v) is 9.03. The zero-order valence-electron chi connectivity index (χ0n) is 18.5. The van der Waals surface area contributed by atoms with E-state index in [-0.39, 0.29) is 5.41 Å². The standard InChI is InChI=1S/C28H29NO/c1-19-10-9-13-24-27(19)26(30-18-21-11-7-6-8-12-21)17-25(29-24)23-15-14-22(16-20(23)2)28(3,4)5/h6-17H,18H2,1-5H3. The molecule has 2 nitrogen and oxygen atoms in total. The summed E-state index contributed by atoms with van der Waals surface area (Å²) in [5.74, 6) is 0.885. The van der Waals surface area contributed by atoms with Crippen LogP contribution in [0.25, 0.3) is 22.2 Å². The molecule has 4 aromatic rings. The van der Waals surface area contributed by atoms with Crippen LogP contribution in [-0.2, 0) is 12.0 Å². The molecule has 0 spiro atoms. The molecular weight excluding hydrogens is 366 g/mol. The SMILES string of the molecule is Cc1cc(C(C)(C)C)ccc1-c1cc(OCc2ccccc2)c2c(C)cccc2n1. The van der Waals surface area contributed by atoms with E-state index < -0.39 is 0 Å². The van der Waals surface area contributed by atoms with Crippen molar-refractivity contribution in [3.8, 4) is 17.0 Å². The van der Waals surface area contributed by atoms with Gasteiger partial charge in [0.05, 0.1) is 11.2 Å². The van der Waals surface area contributed by atoms with Crippen LogP contribution in [0.3, 0.4) is 0 Å². The first kappa shape index (κ1) is 20.2. The van der Waals surface area contributed by atoms with Gasteiger partial charge in [-0.1, -0.05) is 81.4 Å². The Kier molecular flexibility index (Phi) is 5.34. The maximum absolute atomic E-state index is 6.33. The zero-order valence-corrected chi connectivity index (χ0v) is 18.5. The number of pyridine rings is 1. The van der Waals surface area contributed by atoms with E-state index in [1.165, 1.54) is 16.7 Å². The van der Waals surface area contributed by atoms with Crippen LogP contribution in [0, 0.1) is 13.8 Å². The van der Waals surface area contributed by atoms with Gasteiger partial charge in [0.1, 0.15) is 12.4 Å². The number of fused-ring (bicyclic) bond motifs is 1. The van der Waals surface area contributed by atoms with Crippen LogP contribution < -0.4 is 4.74 Å². The van der Waals surface area contributed by atoms with E-state index in [0.29, 0.717) is 6.61 Å². The highest BCUT2D eigenvalue weighted by Crippen LogP contribution is 2.35. The molecule has 0 aliphatic heterocycles. The van der Waals surface area contributed by atoms with Crippen molar-refractivity contribution < 1.29 is 4.74 Å². The number of nitrogens with zero attached hydrogens (tertiary/aromatic N) is 1. The minimum absolute atomic E-state index is 0.126. The molecule has 0 aliphatic carbocycles. The Hall–Kier alpha value is -3.13. The third kappa shape index (κ3) is 4.09. The summed E-state index contributed by atoms with van der Waals surface area (Å²) in [4.78, 5) is 4.99. The number of ether oxygens (including phenoxy) is 1. The average molecular weight is 396 g/mol. The highest BCUT2D eigenvalue weighted by Gasteiger charge is 2.17. The van der Waals surface area contributed by atoms with Crippen LogP contribution in [0.5, 0.6) is 5.75 Å². The monoisotopic (exact) mass is 395 g/mol. The lowest BCUT2D eigenvalue weighted by atomic mass is 9.85. The quantitative estimate of drug-likeness (QED) is 0.359. The molecule has 4 rings (SSSR count). The summed E-state index contributed by atoms with van der Waals surface area (Å²) < 4.78 is 6.33. The number of benzene rings is 3. The van der Waals surface area contributed by atoms with Gasteiger partial charge in [0, 0.05) is 17.0 Å². The first-order valence-electron chi connectivity index (χ1n) is 10.5. The van der Waals surface area contributed by atoms with Crippen molar-refractivity contribution >= 4 is 10.9 Å². The van der Waals surface area contributed by atoms with Gasteiger partial charge in [-0.3, -0.25) is 0 Å². The van der Waals surface area contributed by atoms with Gasteiger partial charge in [-0.05, 0) is 47.6 Å². The largest absolute Gasteiger partial charge is 0.488 e. The fraction of sp³-hybridized carbons (Fsp3) is 0.250. The number of aryl methyl sites for hydroxylation is 2. The minimum atomic E-state index is 0.126. The maximum Gasteiger partial charge on any atom is 0.131 e. The summed E-state index contributed by atoms with van der Waals surface area (Å²) in [5.41, 5.74) is 8.09. The summed E-state index contributed by atoms with van der Waals surface area (Å²) in [6.07, 6.45) is 0. The van der Waals surface area contributed by atoms with E-state index in [2.05, 4.69) is 89.2 Å². The molecule has 0 fully saturated rings. The molecule has 3 aromatic carbocycles. The molecule has 1 heterocycles. The van der Waals surface area contributed by atoms with Crippen molar-refractivity contribution in [1.29, 1.82) is 0 Å². The molecule has 0 atom stereocenters. The summed E-state index contributed by atoms with van der Waals surface area (Å²) in [5, 5.41) is 1.08. The van der Waals surface area contributed by atoms with Gasteiger partial charge in [-0.25, -0.2) is 4.98 Å². The summed E-state index contributed by atoms with van der Waals surface area (Å²) >= 11 is 0. The van der Waals surface area contributed by atoms with Crippen molar-refractivity contribution in [2.45, 2.75) is 46.6 Å². The van der Waals surface area contributed by atoms with Gasteiger partial charge in [0.15, 0.2) is 0 Å². The molecule has 0 saturated heterocycles. The first-order valence-corrected chi connectivity index (χ1v) is 10.5. The van der Waals surface area contributed by atoms with Crippen LogP contribution in [0.1, 0.15) is 43.0 Å². The summed E-state index contributed by atoms with van der Waals surface area (Å²) in [6, 6.07) is 25.3. The lowest BCUT2D eigenvalue weighted by Gasteiger charge is -2.21. The third-order valence-corrected chi connectivity index (χ3v) is 5.61. The highest BCUT2D eigenvalue weighted by atomic mass is 16.5. The molecule has 0 aliphatic rings. The molecule has 0 N–H and O–H groups in total. The van der Waals surface area contributed by atoms with Crippen molar-refractivity contribution in [3.63, 3.8) is 0 Å². The van der Waals surface area contributed by atoms with E-state index in [1.54, 1.807) is 0 Å². The molecule has 0 unspecified atom stereocenters.